The molecule has 0 aromatic carbocycles. The van der Waals surface area contributed by atoms with Crippen molar-refractivity contribution in [2.75, 3.05) is 0 Å². The zero-order valence-corrected chi connectivity index (χ0v) is 9.19. The van der Waals surface area contributed by atoms with Crippen molar-refractivity contribution in [1.29, 1.82) is 0 Å². The molecule has 2 heteroatoms. The van der Waals surface area contributed by atoms with Gasteiger partial charge in [-0.3, -0.25) is 4.79 Å². The van der Waals surface area contributed by atoms with E-state index in [0.29, 0.717) is 12.3 Å². The van der Waals surface area contributed by atoms with Crippen LogP contribution in [0.15, 0.2) is 12.2 Å². The van der Waals surface area contributed by atoms with Gasteiger partial charge in [0.2, 0.25) is 0 Å². The van der Waals surface area contributed by atoms with Gasteiger partial charge in [0.25, 0.3) is 0 Å². The van der Waals surface area contributed by atoms with Crippen LogP contribution in [0.1, 0.15) is 32.6 Å². The van der Waals surface area contributed by atoms with E-state index in [0.717, 1.165) is 24.2 Å². The summed E-state index contributed by atoms with van der Waals surface area (Å²) in [5.41, 5.74) is 0. The van der Waals surface area contributed by atoms with Crippen molar-refractivity contribution in [3.05, 3.63) is 12.2 Å². The lowest BCUT2D eigenvalue weighted by Crippen LogP contribution is -2.31. The Morgan fingerprint density at radius 2 is 2.27 bits per heavy atom. The third-order valence-electron chi connectivity index (χ3n) is 4.52. The van der Waals surface area contributed by atoms with Crippen molar-refractivity contribution in [2.45, 2.75) is 38.7 Å². The van der Waals surface area contributed by atoms with E-state index in [-0.39, 0.29) is 12.1 Å². The Labute approximate surface area is 90.7 Å². The lowest BCUT2D eigenvalue weighted by atomic mass is 9.80. The Bertz CT molecular complexity index is 308. The topological polar surface area (TPSA) is 26.3 Å². The lowest BCUT2D eigenvalue weighted by molar-refractivity contribution is -0.152. The fourth-order valence-electron chi connectivity index (χ4n) is 3.87. The predicted octanol–water partition coefficient (Wildman–Crippen LogP) is 2.54. The molecule has 2 nitrogen and oxygen atoms in total. The summed E-state index contributed by atoms with van der Waals surface area (Å²) in [4.78, 5) is 11.3. The second-order valence-corrected chi connectivity index (χ2v) is 5.18. The molecule has 0 saturated heterocycles. The van der Waals surface area contributed by atoms with Crippen molar-refractivity contribution in [3.63, 3.8) is 0 Å². The Kier molecular flexibility index (Phi) is 2.11. The third-order valence-corrected chi connectivity index (χ3v) is 4.52. The highest BCUT2D eigenvalue weighted by molar-refractivity contribution is 5.69. The summed E-state index contributed by atoms with van der Waals surface area (Å²) in [7, 11) is 0. The highest BCUT2D eigenvalue weighted by Gasteiger charge is 2.53. The van der Waals surface area contributed by atoms with E-state index in [1.165, 1.54) is 12.8 Å². The zero-order valence-electron chi connectivity index (χ0n) is 9.19. The van der Waals surface area contributed by atoms with Gasteiger partial charge in [-0.1, -0.05) is 19.1 Å². The standard InChI is InChI=1S/C13H18O2/c1-2-13(14)15-12-7-8-6-11(12)10-5-3-4-9(8)10/h3,5,8-12H,2,4,6-7H2,1H3/t8-,9-,10-,11-,12-/m1/s1. The molecule has 3 rings (SSSR count). The summed E-state index contributed by atoms with van der Waals surface area (Å²) in [5, 5.41) is 0. The number of rotatable bonds is 2. The Morgan fingerprint density at radius 3 is 3.07 bits per heavy atom. The Balaban J connectivity index is 1.70. The SMILES string of the molecule is CCC(=O)O[C@@H]1C[C@H]2C[C@@H]1[C@@H]1C=CC[C@H]21. The number of carbonyl (C=O) groups excluding carboxylic acids is 1. The van der Waals surface area contributed by atoms with Gasteiger partial charge in [-0.25, -0.2) is 0 Å². The number of hydrogen-bond donors (Lipinski definition) is 0. The van der Waals surface area contributed by atoms with E-state index >= 15 is 0 Å². The molecular weight excluding hydrogens is 188 g/mol. The van der Waals surface area contributed by atoms with Crippen LogP contribution in [0.2, 0.25) is 0 Å². The van der Waals surface area contributed by atoms with Gasteiger partial charge in [0.05, 0.1) is 0 Å². The summed E-state index contributed by atoms with van der Waals surface area (Å²) in [6.07, 6.45) is 9.10. The van der Waals surface area contributed by atoms with Crippen LogP contribution in [0.25, 0.3) is 0 Å². The number of esters is 1. The summed E-state index contributed by atoms with van der Waals surface area (Å²) >= 11 is 0. The molecule has 0 radical (unpaired) electrons. The minimum atomic E-state index is -0.0222. The van der Waals surface area contributed by atoms with Gasteiger partial charge in [-0.15, -0.1) is 0 Å². The summed E-state index contributed by atoms with van der Waals surface area (Å²) in [6.45, 7) is 1.87. The van der Waals surface area contributed by atoms with Gasteiger partial charge in [-0.05, 0) is 37.0 Å². The van der Waals surface area contributed by atoms with Crippen LogP contribution >= 0.6 is 0 Å². The first-order chi connectivity index (χ1) is 7.29. The number of carbonyl (C=O) groups is 1. The van der Waals surface area contributed by atoms with Gasteiger partial charge in [-0.2, -0.15) is 0 Å². The van der Waals surface area contributed by atoms with Gasteiger partial charge in [0.1, 0.15) is 6.10 Å². The van der Waals surface area contributed by atoms with Gasteiger partial charge >= 0.3 is 5.97 Å². The Hall–Kier alpha value is -0.790. The molecule has 2 fully saturated rings. The van der Waals surface area contributed by atoms with E-state index in [1.54, 1.807) is 0 Å². The van der Waals surface area contributed by atoms with Gasteiger partial charge in [0, 0.05) is 12.3 Å². The van der Waals surface area contributed by atoms with Crippen molar-refractivity contribution >= 4 is 5.97 Å². The first-order valence-corrected chi connectivity index (χ1v) is 6.15. The molecule has 5 atom stereocenters. The van der Waals surface area contributed by atoms with Crippen molar-refractivity contribution in [3.8, 4) is 0 Å². The van der Waals surface area contributed by atoms with Gasteiger partial charge in [0.15, 0.2) is 0 Å². The lowest BCUT2D eigenvalue weighted by Gasteiger charge is -2.30. The monoisotopic (exact) mass is 206 g/mol. The maximum atomic E-state index is 11.3. The predicted molar refractivity (Wildman–Crippen MR) is 57.1 cm³/mol. The molecule has 15 heavy (non-hydrogen) atoms. The summed E-state index contributed by atoms with van der Waals surface area (Å²) in [6, 6.07) is 0. The van der Waals surface area contributed by atoms with Crippen LogP contribution in [-0.2, 0) is 9.53 Å². The highest BCUT2D eigenvalue weighted by Crippen LogP contribution is 2.57. The normalized spacial score (nSPS) is 45.8. The van der Waals surface area contributed by atoms with E-state index in [2.05, 4.69) is 12.2 Å². The fraction of sp³-hybridized carbons (Fsp3) is 0.769. The van der Waals surface area contributed by atoms with Crippen molar-refractivity contribution in [2.24, 2.45) is 23.7 Å². The molecule has 2 bridgehead atoms. The molecule has 0 unspecified atom stereocenters. The molecule has 0 spiro atoms. The number of allylic oxidation sites excluding steroid dienone is 2. The second kappa shape index (κ2) is 3.36. The van der Waals surface area contributed by atoms with E-state index < -0.39 is 0 Å². The molecule has 3 aliphatic rings. The first-order valence-electron chi connectivity index (χ1n) is 6.15. The molecular formula is C13H18O2. The van der Waals surface area contributed by atoms with E-state index in [4.69, 9.17) is 4.74 Å². The molecule has 0 heterocycles. The van der Waals surface area contributed by atoms with Crippen LogP contribution < -0.4 is 0 Å². The van der Waals surface area contributed by atoms with Crippen molar-refractivity contribution < 1.29 is 9.53 Å². The number of ether oxygens (including phenoxy) is 1. The quantitative estimate of drug-likeness (QED) is 0.512. The molecule has 3 aliphatic carbocycles. The molecule has 0 aliphatic heterocycles. The maximum absolute atomic E-state index is 11.3. The maximum Gasteiger partial charge on any atom is 0.305 e. The van der Waals surface area contributed by atoms with Crippen LogP contribution in [0.4, 0.5) is 0 Å². The first kappa shape index (κ1) is 9.44. The smallest absolute Gasteiger partial charge is 0.305 e. The van der Waals surface area contributed by atoms with Crippen LogP contribution in [0, 0.1) is 23.7 Å². The van der Waals surface area contributed by atoms with Crippen LogP contribution in [0.3, 0.4) is 0 Å². The average Bonchev–Trinajstić information content (AvgIpc) is 2.87. The molecule has 2 saturated carbocycles. The van der Waals surface area contributed by atoms with Crippen molar-refractivity contribution in [1.82, 2.24) is 0 Å². The molecule has 0 aromatic heterocycles. The molecule has 0 aromatic rings. The molecule has 0 N–H and O–H groups in total. The number of fused-ring (bicyclic) bond motifs is 5. The number of hydrogen-bond acceptors (Lipinski definition) is 2. The van der Waals surface area contributed by atoms with Crippen LogP contribution in [0.5, 0.6) is 0 Å². The zero-order chi connectivity index (χ0) is 10.4. The molecule has 82 valence electrons. The Morgan fingerprint density at radius 1 is 1.40 bits per heavy atom. The van der Waals surface area contributed by atoms with Crippen LogP contribution in [-0.4, -0.2) is 12.1 Å². The van der Waals surface area contributed by atoms with E-state index in [9.17, 15) is 4.79 Å². The summed E-state index contributed by atoms with van der Waals surface area (Å²) < 4.78 is 5.53. The third kappa shape index (κ3) is 1.34. The largest absolute Gasteiger partial charge is 0.462 e. The molecule has 0 amide bonds. The fourth-order valence-corrected chi connectivity index (χ4v) is 3.87. The van der Waals surface area contributed by atoms with E-state index in [1.807, 2.05) is 6.92 Å². The average molecular weight is 206 g/mol. The minimum Gasteiger partial charge on any atom is -0.462 e. The highest BCUT2D eigenvalue weighted by atomic mass is 16.5. The second-order valence-electron chi connectivity index (χ2n) is 5.18. The summed E-state index contributed by atoms with van der Waals surface area (Å²) in [5.74, 6) is 3.04. The minimum absolute atomic E-state index is 0.0222. The van der Waals surface area contributed by atoms with Gasteiger partial charge < -0.3 is 4.74 Å².